The molecule has 0 saturated carbocycles. The molecule has 3 amide bonds. The lowest BCUT2D eigenvalue weighted by Gasteiger charge is -2.35. The number of nitrogens with one attached hydrogen (secondary N) is 2. The standard InChI is InChI=1S/C30H54BN3O9/c1-19(2)21(33-24(38)40-26(3,4)5)22(35)32-20-17-30(23(36)37,34(18-20)25(39)41-27(6,7)8)15-13-14-16-31-42-28(9,10)29(11,12)43-31/h19-21H,13-18H2,1-12H3,(H,32,35)(H,33,38)(H,36,37)/t20-,21+,30-/m1/s1. The second kappa shape index (κ2) is 13.2. The molecule has 0 radical (unpaired) electrons. The predicted molar refractivity (Wildman–Crippen MR) is 163 cm³/mol. The van der Waals surface area contributed by atoms with Gasteiger partial charge in [-0.2, -0.15) is 0 Å². The summed E-state index contributed by atoms with van der Waals surface area (Å²) in [6.45, 7) is 21.7. The molecule has 2 heterocycles. The maximum absolute atomic E-state index is 13.3. The summed E-state index contributed by atoms with van der Waals surface area (Å²) in [5.74, 6) is -1.94. The van der Waals surface area contributed by atoms with Crippen molar-refractivity contribution >= 4 is 31.2 Å². The summed E-state index contributed by atoms with van der Waals surface area (Å²) in [6, 6.07) is -1.61. The first kappa shape index (κ1) is 36.7. The van der Waals surface area contributed by atoms with Crippen LogP contribution in [0.1, 0.15) is 109 Å². The predicted octanol–water partition coefficient (Wildman–Crippen LogP) is 4.75. The van der Waals surface area contributed by atoms with Crippen molar-refractivity contribution in [1.82, 2.24) is 15.5 Å². The van der Waals surface area contributed by atoms with Gasteiger partial charge in [-0.15, -0.1) is 0 Å². The highest BCUT2D eigenvalue weighted by Crippen LogP contribution is 2.40. The van der Waals surface area contributed by atoms with E-state index in [4.69, 9.17) is 18.8 Å². The molecule has 2 fully saturated rings. The maximum atomic E-state index is 13.3. The number of rotatable bonds is 10. The third-order valence-electron chi connectivity index (χ3n) is 8.07. The van der Waals surface area contributed by atoms with E-state index in [1.54, 1.807) is 55.4 Å². The fourth-order valence-electron chi connectivity index (χ4n) is 5.26. The lowest BCUT2D eigenvalue weighted by atomic mass is 9.80. The van der Waals surface area contributed by atoms with E-state index >= 15 is 0 Å². The molecule has 2 aliphatic heterocycles. The Morgan fingerprint density at radius 3 is 1.95 bits per heavy atom. The van der Waals surface area contributed by atoms with Crippen molar-refractivity contribution in [2.24, 2.45) is 5.92 Å². The molecular weight excluding hydrogens is 557 g/mol. The summed E-state index contributed by atoms with van der Waals surface area (Å²) in [4.78, 5) is 53.2. The molecule has 2 rings (SSSR count). The average molecular weight is 612 g/mol. The molecule has 3 N–H and O–H groups in total. The number of nitrogens with zero attached hydrogens (tertiary/aromatic N) is 1. The summed E-state index contributed by atoms with van der Waals surface area (Å²) in [5.41, 5.74) is -4.11. The van der Waals surface area contributed by atoms with Gasteiger partial charge in [-0.05, 0) is 87.9 Å². The Morgan fingerprint density at radius 2 is 1.49 bits per heavy atom. The van der Waals surface area contributed by atoms with Crippen molar-refractivity contribution in [3.05, 3.63) is 0 Å². The van der Waals surface area contributed by atoms with Crippen molar-refractivity contribution in [3.8, 4) is 0 Å². The molecule has 0 bridgehead atoms. The van der Waals surface area contributed by atoms with Crippen molar-refractivity contribution in [2.75, 3.05) is 6.54 Å². The highest BCUT2D eigenvalue weighted by atomic mass is 16.7. The van der Waals surface area contributed by atoms with Crippen LogP contribution >= 0.6 is 0 Å². The van der Waals surface area contributed by atoms with E-state index in [0.29, 0.717) is 19.2 Å². The first-order valence-electron chi connectivity index (χ1n) is 15.3. The highest BCUT2D eigenvalue weighted by molar-refractivity contribution is 6.45. The lowest BCUT2D eigenvalue weighted by Crippen LogP contribution is -2.54. The molecule has 0 aliphatic carbocycles. The van der Waals surface area contributed by atoms with E-state index in [0.717, 1.165) is 0 Å². The molecule has 0 aromatic carbocycles. The minimum absolute atomic E-state index is 0.0128. The van der Waals surface area contributed by atoms with E-state index in [1.165, 1.54) is 4.90 Å². The van der Waals surface area contributed by atoms with Crippen LogP contribution in [0.3, 0.4) is 0 Å². The Balaban J connectivity index is 2.20. The van der Waals surface area contributed by atoms with Crippen LogP contribution in [0.25, 0.3) is 0 Å². The zero-order valence-corrected chi connectivity index (χ0v) is 28.2. The molecule has 2 saturated heterocycles. The minimum atomic E-state index is -1.60. The largest absolute Gasteiger partial charge is 0.479 e. The smallest absolute Gasteiger partial charge is 0.457 e. The van der Waals surface area contributed by atoms with Gasteiger partial charge < -0.3 is 34.5 Å². The number of hydrogen-bond donors (Lipinski definition) is 3. The maximum Gasteiger partial charge on any atom is 0.457 e. The molecule has 246 valence electrons. The number of carbonyl (C=O) groups is 4. The Bertz CT molecular complexity index is 1020. The summed E-state index contributed by atoms with van der Waals surface area (Å²) in [7, 11) is -0.409. The van der Waals surface area contributed by atoms with Crippen LogP contribution in [0.15, 0.2) is 0 Å². The van der Waals surface area contributed by atoms with Gasteiger partial charge >= 0.3 is 25.3 Å². The summed E-state index contributed by atoms with van der Waals surface area (Å²) >= 11 is 0. The molecule has 13 heteroatoms. The monoisotopic (exact) mass is 611 g/mol. The Kier molecular flexibility index (Phi) is 11.3. The van der Waals surface area contributed by atoms with Crippen LogP contribution in [0.4, 0.5) is 9.59 Å². The number of ether oxygens (including phenoxy) is 2. The zero-order chi connectivity index (χ0) is 33.2. The lowest BCUT2D eigenvalue weighted by molar-refractivity contribution is -0.150. The molecule has 0 unspecified atom stereocenters. The summed E-state index contributed by atoms with van der Waals surface area (Å²) < 4.78 is 23.1. The zero-order valence-electron chi connectivity index (χ0n) is 28.2. The van der Waals surface area contributed by atoms with Crippen molar-refractivity contribution in [3.63, 3.8) is 0 Å². The molecule has 0 aromatic rings. The molecule has 2 aliphatic rings. The molecule has 3 atom stereocenters. The molecule has 0 spiro atoms. The number of carbonyl (C=O) groups excluding carboxylic acids is 3. The fourth-order valence-corrected chi connectivity index (χ4v) is 5.26. The fraction of sp³-hybridized carbons (Fsp3) is 0.867. The van der Waals surface area contributed by atoms with Gasteiger partial charge in [0.05, 0.1) is 11.2 Å². The normalized spacial score (nSPS) is 24.1. The van der Waals surface area contributed by atoms with Gasteiger partial charge in [0.2, 0.25) is 5.91 Å². The van der Waals surface area contributed by atoms with Crippen LogP contribution in [0.2, 0.25) is 6.32 Å². The number of carboxylic acid groups (broad SMARTS) is 1. The molecule has 43 heavy (non-hydrogen) atoms. The first-order valence-corrected chi connectivity index (χ1v) is 15.3. The highest BCUT2D eigenvalue weighted by Gasteiger charge is 2.55. The van der Waals surface area contributed by atoms with Gasteiger partial charge in [0.1, 0.15) is 22.8 Å². The van der Waals surface area contributed by atoms with Crippen molar-refractivity contribution in [2.45, 2.75) is 155 Å². The molecule has 12 nitrogen and oxygen atoms in total. The Morgan fingerprint density at radius 1 is 0.953 bits per heavy atom. The van der Waals surface area contributed by atoms with Crippen LogP contribution in [0.5, 0.6) is 0 Å². The van der Waals surface area contributed by atoms with Crippen LogP contribution < -0.4 is 10.6 Å². The number of hydrogen-bond acceptors (Lipinski definition) is 8. The Hall–Kier alpha value is -2.54. The van der Waals surface area contributed by atoms with Crippen molar-refractivity contribution < 1.29 is 43.1 Å². The number of aliphatic carboxylic acids is 1. The Labute approximate surface area is 257 Å². The SMILES string of the molecule is CC(C)[C@H](NC(=O)OC(C)(C)C)C(=O)N[C@H]1CN(C(=O)OC(C)(C)C)[C@@](CCCCB2OC(C)(C)C(C)(C)O2)(C(=O)O)C1. The van der Waals surface area contributed by atoms with E-state index in [-0.39, 0.29) is 25.3 Å². The quantitative estimate of drug-likeness (QED) is 0.235. The third kappa shape index (κ3) is 9.73. The van der Waals surface area contributed by atoms with Crippen LogP contribution in [-0.4, -0.2) is 87.8 Å². The summed E-state index contributed by atoms with van der Waals surface area (Å²) in [5, 5.41) is 16.0. The van der Waals surface area contributed by atoms with Gasteiger partial charge in [0.25, 0.3) is 0 Å². The second-order valence-electron chi connectivity index (χ2n) is 15.1. The van der Waals surface area contributed by atoms with Crippen LogP contribution in [-0.2, 0) is 28.4 Å². The molecule has 0 aromatic heterocycles. The number of likely N-dealkylation sites (tertiary alicyclic amines) is 1. The van der Waals surface area contributed by atoms with Gasteiger partial charge in [-0.25, -0.2) is 14.4 Å². The van der Waals surface area contributed by atoms with Gasteiger partial charge in [-0.1, -0.05) is 26.7 Å². The van der Waals surface area contributed by atoms with Gasteiger partial charge in [-0.3, -0.25) is 9.69 Å². The molecular formula is C30H54BN3O9. The topological polar surface area (TPSA) is 153 Å². The van der Waals surface area contributed by atoms with E-state index in [1.807, 2.05) is 27.7 Å². The van der Waals surface area contributed by atoms with E-state index in [2.05, 4.69) is 10.6 Å². The summed E-state index contributed by atoms with van der Waals surface area (Å²) in [6.07, 6.45) is 0.306. The van der Waals surface area contributed by atoms with Gasteiger partial charge in [0.15, 0.2) is 0 Å². The average Bonchev–Trinajstić information content (AvgIpc) is 3.26. The number of alkyl carbamates (subject to hydrolysis) is 1. The number of carboxylic acids is 1. The number of amides is 3. The van der Waals surface area contributed by atoms with Crippen LogP contribution in [0, 0.1) is 5.92 Å². The van der Waals surface area contributed by atoms with E-state index in [9.17, 15) is 24.3 Å². The van der Waals surface area contributed by atoms with Gasteiger partial charge in [0, 0.05) is 19.0 Å². The first-order chi connectivity index (χ1) is 19.4. The minimum Gasteiger partial charge on any atom is -0.479 e. The van der Waals surface area contributed by atoms with E-state index < -0.39 is 71.2 Å². The van der Waals surface area contributed by atoms with Crippen molar-refractivity contribution in [1.29, 1.82) is 0 Å². The number of unbranched alkanes of at least 4 members (excludes halogenated alkanes) is 1. The third-order valence-corrected chi connectivity index (χ3v) is 8.07. The second-order valence-corrected chi connectivity index (χ2v) is 15.1.